The van der Waals surface area contributed by atoms with E-state index in [0.717, 1.165) is 51.1 Å². The molecule has 0 bridgehead atoms. The summed E-state index contributed by atoms with van der Waals surface area (Å²) in [6, 6.07) is 25.3. The highest BCUT2D eigenvalue weighted by molar-refractivity contribution is 7.99. The predicted molar refractivity (Wildman–Crippen MR) is 180 cm³/mol. The van der Waals surface area contributed by atoms with E-state index in [2.05, 4.69) is 25.5 Å². The minimum atomic E-state index is -0.257. The van der Waals surface area contributed by atoms with Crippen molar-refractivity contribution in [1.29, 1.82) is 0 Å². The number of aromatic nitrogens is 4. The fraction of sp³-hybridized carbons (Fsp3) is 0.114. The van der Waals surface area contributed by atoms with Crippen LogP contribution in [0, 0.1) is 0 Å². The van der Waals surface area contributed by atoms with Gasteiger partial charge in [0.25, 0.3) is 5.22 Å². The van der Waals surface area contributed by atoms with Gasteiger partial charge in [-0.25, -0.2) is 4.98 Å². The smallest absolute Gasteiger partial charge is 0.277 e. The highest BCUT2D eigenvalue weighted by atomic mass is 32.2. The van der Waals surface area contributed by atoms with Gasteiger partial charge in [-0.2, -0.15) is 0 Å². The van der Waals surface area contributed by atoms with Crippen LogP contribution in [0.15, 0.2) is 101 Å². The number of carbonyl (C=O) groups is 2. The number of ether oxygens (including phenoxy) is 3. The van der Waals surface area contributed by atoms with Crippen molar-refractivity contribution in [2.75, 3.05) is 32.4 Å². The normalized spacial score (nSPS) is 11.1. The summed E-state index contributed by atoms with van der Waals surface area (Å²) in [6.07, 6.45) is 3.19. The zero-order chi connectivity index (χ0) is 32.8. The van der Waals surface area contributed by atoms with Crippen molar-refractivity contribution in [2.45, 2.75) is 5.22 Å². The molecule has 0 spiro atoms. The average molecular weight is 648 g/mol. The zero-order valence-electron chi connectivity index (χ0n) is 25.6. The molecule has 0 saturated carbocycles. The van der Waals surface area contributed by atoms with E-state index in [4.69, 9.17) is 18.6 Å². The first-order valence-electron chi connectivity index (χ1n) is 14.4. The summed E-state index contributed by atoms with van der Waals surface area (Å²) in [5.74, 6) is 2.64. The second-order valence-electron chi connectivity index (χ2n) is 10.1. The van der Waals surface area contributed by atoms with Gasteiger partial charge in [0, 0.05) is 22.4 Å². The van der Waals surface area contributed by atoms with E-state index in [-0.39, 0.29) is 22.7 Å². The monoisotopic (exact) mass is 647 g/mol. The van der Waals surface area contributed by atoms with E-state index >= 15 is 0 Å². The van der Waals surface area contributed by atoms with Crippen molar-refractivity contribution in [1.82, 2.24) is 20.2 Å². The number of anilines is 1. The number of aromatic amines is 1. The molecule has 6 aromatic rings. The SMILES string of the molecule is COc1ccc(-c2nc3ccc(-c4nnc(SCC(=O)Nc5ccc(C(=O)/C=C/c6ccc(OC)c(OC)c6)cc5)o4)cc3[nH]2)cc1. The van der Waals surface area contributed by atoms with Crippen molar-refractivity contribution in [3.63, 3.8) is 0 Å². The fourth-order valence-corrected chi connectivity index (χ4v) is 5.24. The first kappa shape index (κ1) is 31.1. The number of hydrogen-bond donors (Lipinski definition) is 2. The maximum absolute atomic E-state index is 12.7. The fourth-order valence-electron chi connectivity index (χ4n) is 4.68. The third-order valence-electron chi connectivity index (χ3n) is 7.11. The molecule has 6 rings (SSSR count). The van der Waals surface area contributed by atoms with Gasteiger partial charge in [0.15, 0.2) is 17.3 Å². The number of hydrogen-bond acceptors (Lipinski definition) is 10. The molecule has 47 heavy (non-hydrogen) atoms. The lowest BCUT2D eigenvalue weighted by molar-refractivity contribution is -0.113. The van der Waals surface area contributed by atoms with Crippen molar-refractivity contribution in [2.24, 2.45) is 0 Å². The van der Waals surface area contributed by atoms with E-state index in [1.807, 2.05) is 48.5 Å². The minimum Gasteiger partial charge on any atom is -0.497 e. The summed E-state index contributed by atoms with van der Waals surface area (Å²) >= 11 is 1.13. The maximum Gasteiger partial charge on any atom is 0.277 e. The Morgan fingerprint density at radius 3 is 2.36 bits per heavy atom. The van der Waals surface area contributed by atoms with Crippen molar-refractivity contribution in [3.05, 3.63) is 102 Å². The number of carbonyl (C=O) groups excluding carboxylic acids is 2. The molecule has 4 aromatic carbocycles. The molecule has 0 atom stereocenters. The Morgan fingerprint density at radius 2 is 1.62 bits per heavy atom. The lowest BCUT2D eigenvalue weighted by Gasteiger charge is -2.07. The molecular formula is C35H29N5O6S. The molecule has 0 aliphatic rings. The van der Waals surface area contributed by atoms with Crippen LogP contribution in [0.25, 0.3) is 40.0 Å². The number of ketones is 1. The van der Waals surface area contributed by atoms with Gasteiger partial charge in [0.1, 0.15) is 11.6 Å². The number of rotatable bonds is 12. The number of imidazole rings is 1. The summed E-state index contributed by atoms with van der Waals surface area (Å²) in [5, 5.41) is 11.3. The number of thioether (sulfide) groups is 1. The number of fused-ring (bicyclic) bond motifs is 1. The van der Waals surface area contributed by atoms with Crippen LogP contribution in [0.2, 0.25) is 0 Å². The minimum absolute atomic E-state index is 0.0567. The molecule has 2 heterocycles. The largest absolute Gasteiger partial charge is 0.497 e. The molecule has 236 valence electrons. The number of benzene rings is 4. The number of amides is 1. The molecule has 0 aliphatic carbocycles. The lowest BCUT2D eigenvalue weighted by Crippen LogP contribution is -2.14. The molecular weight excluding hydrogens is 618 g/mol. The van der Waals surface area contributed by atoms with E-state index < -0.39 is 0 Å². The second kappa shape index (κ2) is 14.0. The van der Waals surface area contributed by atoms with Crippen LogP contribution in [0.4, 0.5) is 5.69 Å². The highest BCUT2D eigenvalue weighted by Crippen LogP contribution is 2.29. The summed E-state index contributed by atoms with van der Waals surface area (Å²) in [6.45, 7) is 0. The molecule has 0 aliphatic heterocycles. The maximum atomic E-state index is 12.7. The van der Waals surface area contributed by atoms with Gasteiger partial charge in [0.05, 0.1) is 38.1 Å². The molecule has 11 nitrogen and oxygen atoms in total. The van der Waals surface area contributed by atoms with Crippen LogP contribution < -0.4 is 19.5 Å². The first-order valence-corrected chi connectivity index (χ1v) is 15.4. The van der Waals surface area contributed by atoms with E-state index in [1.165, 1.54) is 6.08 Å². The van der Waals surface area contributed by atoms with Crippen molar-refractivity contribution < 1.29 is 28.2 Å². The molecule has 0 radical (unpaired) electrons. The molecule has 0 saturated heterocycles. The van der Waals surface area contributed by atoms with Crippen LogP contribution in [0.1, 0.15) is 15.9 Å². The van der Waals surface area contributed by atoms with Gasteiger partial charge in [-0.15, -0.1) is 10.2 Å². The Morgan fingerprint density at radius 1 is 0.851 bits per heavy atom. The number of methoxy groups -OCH3 is 3. The Bertz CT molecular complexity index is 2070. The number of nitrogens with zero attached hydrogens (tertiary/aromatic N) is 3. The average Bonchev–Trinajstić information content (AvgIpc) is 3.77. The second-order valence-corrected chi connectivity index (χ2v) is 11.1. The summed E-state index contributed by atoms with van der Waals surface area (Å²) < 4.78 is 21.6. The van der Waals surface area contributed by atoms with E-state index in [9.17, 15) is 9.59 Å². The Labute approximate surface area is 274 Å². The van der Waals surface area contributed by atoms with Gasteiger partial charge >= 0.3 is 0 Å². The van der Waals surface area contributed by atoms with Crippen LogP contribution in [-0.4, -0.2) is 58.9 Å². The molecule has 1 amide bonds. The molecule has 0 fully saturated rings. The highest BCUT2D eigenvalue weighted by Gasteiger charge is 2.14. The van der Waals surface area contributed by atoms with E-state index in [0.29, 0.717) is 28.6 Å². The Hall–Kier alpha value is -5.88. The van der Waals surface area contributed by atoms with E-state index in [1.54, 1.807) is 63.8 Å². The summed E-state index contributed by atoms with van der Waals surface area (Å²) in [7, 11) is 4.75. The predicted octanol–water partition coefficient (Wildman–Crippen LogP) is 6.93. The zero-order valence-corrected chi connectivity index (χ0v) is 26.5. The third kappa shape index (κ3) is 7.34. The van der Waals surface area contributed by atoms with Crippen LogP contribution >= 0.6 is 11.8 Å². The first-order chi connectivity index (χ1) is 22.9. The van der Waals surface area contributed by atoms with Gasteiger partial charge in [-0.05, 0) is 90.5 Å². The van der Waals surface area contributed by atoms with Crippen molar-refractivity contribution >= 4 is 46.2 Å². The molecule has 2 N–H and O–H groups in total. The lowest BCUT2D eigenvalue weighted by atomic mass is 10.1. The standard InChI is InChI=1S/C35H29N5O6S/c1-43-26-13-8-23(9-14-26)33-37-27-15-10-24(19-28(27)38-33)34-39-40-35(46-34)47-20-32(42)36-25-11-6-22(7-12-25)29(41)16-4-21-5-17-30(44-2)31(18-21)45-3/h4-19H,20H2,1-3H3,(H,36,42)(H,37,38)/b16-4+. The van der Waals surface area contributed by atoms with Crippen LogP contribution in [0.3, 0.4) is 0 Å². The molecule has 12 heteroatoms. The summed E-state index contributed by atoms with van der Waals surface area (Å²) in [4.78, 5) is 33.3. The molecule has 0 unspecified atom stereocenters. The molecule has 2 aromatic heterocycles. The Kier molecular flexibility index (Phi) is 9.30. The Balaban J connectivity index is 1.02. The quantitative estimate of drug-likeness (QED) is 0.0816. The third-order valence-corrected chi connectivity index (χ3v) is 7.93. The van der Waals surface area contributed by atoms with Gasteiger partial charge in [0.2, 0.25) is 11.8 Å². The van der Waals surface area contributed by atoms with Gasteiger partial charge < -0.3 is 28.9 Å². The number of nitrogens with one attached hydrogen (secondary N) is 2. The van der Waals surface area contributed by atoms with Gasteiger partial charge in [-0.1, -0.05) is 23.9 Å². The van der Waals surface area contributed by atoms with Gasteiger partial charge in [-0.3, -0.25) is 9.59 Å². The van der Waals surface area contributed by atoms with Crippen molar-refractivity contribution in [3.8, 4) is 40.1 Å². The van der Waals surface area contributed by atoms with Crippen LogP contribution in [0.5, 0.6) is 17.2 Å². The number of allylic oxidation sites excluding steroid dienone is 1. The number of H-pyrrole nitrogens is 1. The van der Waals surface area contributed by atoms with Crippen LogP contribution in [-0.2, 0) is 4.79 Å². The topological polar surface area (TPSA) is 141 Å². The summed E-state index contributed by atoms with van der Waals surface area (Å²) in [5.41, 5.74) is 5.11.